The number of methoxy groups -OCH3 is 2. The quantitative estimate of drug-likeness (QED) is 0.848. The Kier molecular flexibility index (Phi) is 4.31. The van der Waals surface area contributed by atoms with Crippen molar-refractivity contribution in [2.24, 2.45) is 4.99 Å². The maximum Gasteiger partial charge on any atom is 0.177 e. The van der Waals surface area contributed by atoms with Crippen LogP contribution < -0.4 is 10.6 Å². The number of nitrogens with zero attached hydrogens (tertiary/aromatic N) is 3. The van der Waals surface area contributed by atoms with Gasteiger partial charge in [0.25, 0.3) is 0 Å². The van der Waals surface area contributed by atoms with Crippen LogP contribution in [0.5, 0.6) is 0 Å². The number of aliphatic imine (C=N–C) groups is 1. The molecule has 1 aromatic heterocycles. The zero-order chi connectivity index (χ0) is 17.2. The number of amidine groups is 1. The van der Waals surface area contributed by atoms with E-state index in [9.17, 15) is 0 Å². The Bertz CT molecular complexity index is 737. The van der Waals surface area contributed by atoms with Gasteiger partial charge in [0.05, 0.1) is 38.7 Å². The third kappa shape index (κ3) is 3.07. The van der Waals surface area contributed by atoms with E-state index in [2.05, 4.69) is 26.6 Å². The zero-order valence-electron chi connectivity index (χ0n) is 14.5. The third-order valence-electron chi connectivity index (χ3n) is 4.75. The molecule has 0 spiro atoms. The molecule has 0 radical (unpaired) electrons. The number of hydrogen-bond acceptors (Lipinski definition) is 7. The molecule has 1 aromatic rings. The molecule has 3 aliphatic heterocycles. The van der Waals surface area contributed by atoms with Crippen molar-refractivity contribution >= 4 is 11.7 Å². The van der Waals surface area contributed by atoms with E-state index in [1.54, 1.807) is 14.2 Å². The summed E-state index contributed by atoms with van der Waals surface area (Å²) in [5, 5.41) is 6.87. The molecule has 25 heavy (non-hydrogen) atoms. The molecule has 7 nitrogen and oxygen atoms in total. The van der Waals surface area contributed by atoms with Gasteiger partial charge in [0.15, 0.2) is 11.5 Å². The highest BCUT2D eigenvalue weighted by molar-refractivity contribution is 5.97. The number of hydrogen-bond donors (Lipinski definition) is 2. The molecule has 0 aromatic carbocycles. The second-order valence-electron chi connectivity index (χ2n) is 6.31. The molecular formula is C18H23N5O2. The fourth-order valence-corrected chi connectivity index (χ4v) is 3.42. The van der Waals surface area contributed by atoms with Gasteiger partial charge >= 0.3 is 0 Å². The summed E-state index contributed by atoms with van der Waals surface area (Å²) < 4.78 is 10.8. The number of ether oxygens (including phenoxy) is 2. The SMILES string of the molecule is COC1=CC2=NCC(c3cccc(NC4CCNC4)n3)N2C=C1OC. The van der Waals surface area contributed by atoms with E-state index in [1.807, 2.05) is 24.4 Å². The van der Waals surface area contributed by atoms with Crippen LogP contribution in [0.1, 0.15) is 18.2 Å². The van der Waals surface area contributed by atoms with Gasteiger partial charge in [-0.1, -0.05) is 6.07 Å². The van der Waals surface area contributed by atoms with E-state index in [0.717, 1.165) is 36.9 Å². The standard InChI is InChI=1S/C18H23N5O2/c1-24-15-8-18-20-10-14(23(18)11-16(15)25-2)13-4-3-5-17(22-13)21-12-6-7-19-9-12/h3-5,8,11-12,14,19H,6-7,9-10H2,1-2H3,(H,21,22). The van der Waals surface area contributed by atoms with E-state index < -0.39 is 0 Å². The smallest absolute Gasteiger partial charge is 0.177 e. The molecule has 0 saturated carbocycles. The van der Waals surface area contributed by atoms with Crippen LogP contribution in [0.4, 0.5) is 5.82 Å². The Morgan fingerprint density at radius 2 is 2.12 bits per heavy atom. The van der Waals surface area contributed by atoms with Crippen LogP contribution in [-0.4, -0.2) is 55.6 Å². The average Bonchev–Trinajstić information content (AvgIpc) is 3.29. The summed E-state index contributed by atoms with van der Waals surface area (Å²) in [5.41, 5.74) is 0.996. The first-order valence-electron chi connectivity index (χ1n) is 8.57. The summed E-state index contributed by atoms with van der Waals surface area (Å²) >= 11 is 0. The number of aromatic nitrogens is 1. The molecule has 2 atom stereocenters. The highest BCUT2D eigenvalue weighted by Gasteiger charge is 2.32. The van der Waals surface area contributed by atoms with Gasteiger partial charge in [0.1, 0.15) is 11.7 Å². The average molecular weight is 341 g/mol. The summed E-state index contributed by atoms with van der Waals surface area (Å²) in [7, 11) is 3.28. The van der Waals surface area contributed by atoms with Crippen LogP contribution in [0.2, 0.25) is 0 Å². The first kappa shape index (κ1) is 16.0. The molecule has 1 saturated heterocycles. The van der Waals surface area contributed by atoms with Crippen molar-refractivity contribution in [3.63, 3.8) is 0 Å². The number of fused-ring (bicyclic) bond motifs is 1. The van der Waals surface area contributed by atoms with Gasteiger partial charge in [-0.15, -0.1) is 0 Å². The van der Waals surface area contributed by atoms with E-state index in [-0.39, 0.29) is 6.04 Å². The van der Waals surface area contributed by atoms with Gasteiger partial charge < -0.3 is 25.0 Å². The number of rotatable bonds is 5. The van der Waals surface area contributed by atoms with Crippen LogP contribution >= 0.6 is 0 Å². The summed E-state index contributed by atoms with van der Waals surface area (Å²) in [5.74, 6) is 3.18. The summed E-state index contributed by atoms with van der Waals surface area (Å²) in [6.45, 7) is 2.71. The molecule has 0 amide bonds. The minimum Gasteiger partial charge on any atom is -0.493 e. The van der Waals surface area contributed by atoms with Crippen molar-refractivity contribution in [1.82, 2.24) is 15.2 Å². The normalized spacial score (nSPS) is 25.0. The Morgan fingerprint density at radius 3 is 2.88 bits per heavy atom. The summed E-state index contributed by atoms with van der Waals surface area (Å²) in [6, 6.07) is 6.64. The van der Waals surface area contributed by atoms with Gasteiger partial charge in [0, 0.05) is 18.7 Å². The Morgan fingerprint density at radius 1 is 1.24 bits per heavy atom. The fourth-order valence-electron chi connectivity index (χ4n) is 3.42. The second-order valence-corrected chi connectivity index (χ2v) is 6.31. The van der Waals surface area contributed by atoms with Gasteiger partial charge in [-0.25, -0.2) is 4.98 Å². The third-order valence-corrected chi connectivity index (χ3v) is 4.75. The molecule has 4 rings (SSSR count). The van der Waals surface area contributed by atoms with Crippen LogP contribution in [0.3, 0.4) is 0 Å². The monoisotopic (exact) mass is 341 g/mol. The van der Waals surface area contributed by atoms with Gasteiger partial charge in [-0.05, 0) is 25.1 Å². The zero-order valence-corrected chi connectivity index (χ0v) is 14.5. The number of nitrogens with one attached hydrogen (secondary N) is 2. The number of pyridine rings is 1. The van der Waals surface area contributed by atoms with Crippen LogP contribution in [0.15, 0.2) is 47.0 Å². The lowest BCUT2D eigenvalue weighted by molar-refractivity contribution is 0.210. The molecule has 0 aliphatic carbocycles. The van der Waals surface area contributed by atoms with E-state index in [1.165, 1.54) is 0 Å². The molecule has 0 bridgehead atoms. The fraction of sp³-hybridized carbons (Fsp3) is 0.444. The van der Waals surface area contributed by atoms with Crippen LogP contribution in [-0.2, 0) is 9.47 Å². The first-order chi connectivity index (χ1) is 12.3. The molecule has 2 N–H and O–H groups in total. The molecule has 7 heteroatoms. The Hall–Kier alpha value is -2.54. The maximum atomic E-state index is 5.43. The molecule has 4 heterocycles. The predicted octanol–water partition coefficient (Wildman–Crippen LogP) is 1.64. The lowest BCUT2D eigenvalue weighted by Crippen LogP contribution is -2.29. The summed E-state index contributed by atoms with van der Waals surface area (Å²) in [6.07, 6.45) is 4.97. The highest BCUT2D eigenvalue weighted by Crippen LogP contribution is 2.32. The minimum atomic E-state index is 0.0678. The maximum absolute atomic E-state index is 5.43. The van der Waals surface area contributed by atoms with E-state index in [4.69, 9.17) is 14.5 Å². The van der Waals surface area contributed by atoms with Gasteiger partial charge in [-0.2, -0.15) is 0 Å². The van der Waals surface area contributed by atoms with Crippen molar-refractivity contribution in [2.45, 2.75) is 18.5 Å². The molecule has 2 unspecified atom stereocenters. The van der Waals surface area contributed by atoms with Gasteiger partial charge in [0.2, 0.25) is 0 Å². The van der Waals surface area contributed by atoms with E-state index >= 15 is 0 Å². The topological polar surface area (TPSA) is 71.0 Å². The molecule has 1 fully saturated rings. The van der Waals surface area contributed by atoms with Crippen molar-refractivity contribution in [3.8, 4) is 0 Å². The Labute approximate surface area is 147 Å². The largest absolute Gasteiger partial charge is 0.493 e. The number of anilines is 1. The van der Waals surface area contributed by atoms with E-state index in [0.29, 0.717) is 24.1 Å². The lowest BCUT2D eigenvalue weighted by Gasteiger charge is -2.27. The predicted molar refractivity (Wildman–Crippen MR) is 96.2 cm³/mol. The van der Waals surface area contributed by atoms with Crippen molar-refractivity contribution in [2.75, 3.05) is 39.2 Å². The molecular weight excluding hydrogens is 318 g/mol. The molecule has 132 valence electrons. The minimum absolute atomic E-state index is 0.0678. The van der Waals surface area contributed by atoms with Crippen LogP contribution in [0.25, 0.3) is 0 Å². The van der Waals surface area contributed by atoms with Crippen molar-refractivity contribution in [3.05, 3.63) is 47.7 Å². The van der Waals surface area contributed by atoms with Crippen LogP contribution in [0, 0.1) is 0 Å². The van der Waals surface area contributed by atoms with Crippen molar-refractivity contribution in [1.29, 1.82) is 0 Å². The highest BCUT2D eigenvalue weighted by atomic mass is 16.5. The summed E-state index contributed by atoms with van der Waals surface area (Å²) in [4.78, 5) is 11.6. The second kappa shape index (κ2) is 6.76. The lowest BCUT2D eigenvalue weighted by atomic mass is 10.1. The Balaban J connectivity index is 1.55. The van der Waals surface area contributed by atoms with Gasteiger partial charge in [-0.3, -0.25) is 4.99 Å². The van der Waals surface area contributed by atoms with Crippen molar-refractivity contribution < 1.29 is 9.47 Å². The molecule has 3 aliphatic rings. The first-order valence-corrected chi connectivity index (χ1v) is 8.57.